The molecule has 2 atom stereocenters. The molecule has 1 aliphatic carbocycles. The summed E-state index contributed by atoms with van der Waals surface area (Å²) < 4.78 is 0. The van der Waals surface area contributed by atoms with Gasteiger partial charge in [-0.15, -0.1) is 0 Å². The first kappa shape index (κ1) is 15.3. The van der Waals surface area contributed by atoms with Crippen LogP contribution in [-0.2, 0) is 0 Å². The van der Waals surface area contributed by atoms with Crippen molar-refractivity contribution in [3.8, 4) is 0 Å². The van der Waals surface area contributed by atoms with E-state index in [2.05, 4.69) is 11.8 Å². The van der Waals surface area contributed by atoms with E-state index in [1.165, 1.54) is 77.2 Å². The highest BCUT2D eigenvalue weighted by Crippen LogP contribution is 2.30. The Kier molecular flexibility index (Phi) is 6.66. The maximum absolute atomic E-state index is 6.15. The van der Waals surface area contributed by atoms with Gasteiger partial charge < -0.3 is 5.73 Å². The quantitative estimate of drug-likeness (QED) is 0.816. The van der Waals surface area contributed by atoms with Crippen LogP contribution in [0, 0.1) is 5.92 Å². The second-order valence-electron chi connectivity index (χ2n) is 6.78. The monoisotopic (exact) mass is 266 g/mol. The summed E-state index contributed by atoms with van der Waals surface area (Å²) in [5.41, 5.74) is 6.15. The molecular formula is C17H34N2. The van der Waals surface area contributed by atoms with Crippen molar-refractivity contribution in [2.75, 3.05) is 13.1 Å². The molecule has 2 rings (SSSR count). The fraction of sp³-hybridized carbons (Fsp3) is 1.00. The van der Waals surface area contributed by atoms with Crippen LogP contribution in [-0.4, -0.2) is 30.1 Å². The molecule has 0 aromatic carbocycles. The van der Waals surface area contributed by atoms with E-state index in [9.17, 15) is 0 Å². The first-order valence-corrected chi connectivity index (χ1v) is 8.81. The molecule has 2 nitrogen and oxygen atoms in total. The van der Waals surface area contributed by atoms with Gasteiger partial charge >= 0.3 is 0 Å². The third-order valence-electron chi connectivity index (χ3n) is 5.47. The van der Waals surface area contributed by atoms with Crippen LogP contribution in [0.3, 0.4) is 0 Å². The van der Waals surface area contributed by atoms with Gasteiger partial charge in [0.05, 0.1) is 0 Å². The summed E-state index contributed by atoms with van der Waals surface area (Å²) in [6.45, 7) is 4.53. The molecule has 0 radical (unpaired) electrons. The Labute approximate surface area is 120 Å². The average molecular weight is 266 g/mol. The molecule has 2 unspecified atom stereocenters. The van der Waals surface area contributed by atoms with Crippen molar-refractivity contribution in [3.63, 3.8) is 0 Å². The average Bonchev–Trinajstić information content (AvgIpc) is 2.71. The van der Waals surface area contributed by atoms with Gasteiger partial charge in [-0.1, -0.05) is 51.9 Å². The zero-order chi connectivity index (χ0) is 13.5. The Morgan fingerprint density at radius 1 is 1.00 bits per heavy atom. The lowest BCUT2D eigenvalue weighted by Gasteiger charge is -2.38. The highest BCUT2D eigenvalue weighted by atomic mass is 15.2. The van der Waals surface area contributed by atoms with Crippen molar-refractivity contribution >= 4 is 0 Å². The zero-order valence-electron chi connectivity index (χ0n) is 12.9. The molecule has 1 saturated heterocycles. The van der Waals surface area contributed by atoms with Crippen molar-refractivity contribution in [1.82, 2.24) is 4.90 Å². The number of likely N-dealkylation sites (tertiary alicyclic amines) is 1. The second-order valence-corrected chi connectivity index (χ2v) is 6.78. The summed E-state index contributed by atoms with van der Waals surface area (Å²) in [4.78, 5) is 2.79. The first-order valence-electron chi connectivity index (χ1n) is 8.81. The van der Waals surface area contributed by atoms with E-state index in [-0.39, 0.29) is 0 Å². The summed E-state index contributed by atoms with van der Waals surface area (Å²) >= 11 is 0. The summed E-state index contributed by atoms with van der Waals surface area (Å²) in [5.74, 6) is 0.961. The lowest BCUT2D eigenvalue weighted by atomic mass is 9.84. The highest BCUT2D eigenvalue weighted by molar-refractivity contribution is 4.84. The van der Waals surface area contributed by atoms with Gasteiger partial charge in [-0.25, -0.2) is 0 Å². The summed E-state index contributed by atoms with van der Waals surface area (Å²) in [6, 6.07) is 1.46. The largest absolute Gasteiger partial charge is 0.329 e. The van der Waals surface area contributed by atoms with Crippen molar-refractivity contribution in [3.05, 3.63) is 0 Å². The Morgan fingerprint density at radius 2 is 1.68 bits per heavy atom. The molecule has 0 spiro atoms. The maximum atomic E-state index is 6.15. The van der Waals surface area contributed by atoms with Crippen molar-refractivity contribution in [2.24, 2.45) is 11.7 Å². The molecule has 0 bridgehead atoms. The normalized spacial score (nSPS) is 29.1. The Hall–Kier alpha value is -0.0800. The predicted molar refractivity (Wildman–Crippen MR) is 83.3 cm³/mol. The minimum absolute atomic E-state index is 0.658. The zero-order valence-corrected chi connectivity index (χ0v) is 12.9. The SMILES string of the molecule is CCC1CCCCCN1C(CN)CC1CCCCC1. The van der Waals surface area contributed by atoms with Gasteiger partial charge in [0.25, 0.3) is 0 Å². The van der Waals surface area contributed by atoms with E-state index < -0.39 is 0 Å². The molecule has 2 fully saturated rings. The molecule has 2 N–H and O–H groups in total. The molecule has 0 aromatic rings. The Balaban J connectivity index is 1.92. The molecule has 1 saturated carbocycles. The van der Waals surface area contributed by atoms with E-state index >= 15 is 0 Å². The topological polar surface area (TPSA) is 29.3 Å². The van der Waals surface area contributed by atoms with E-state index in [4.69, 9.17) is 5.73 Å². The van der Waals surface area contributed by atoms with Gasteiger partial charge in [-0.05, 0) is 38.1 Å². The number of nitrogens with zero attached hydrogens (tertiary/aromatic N) is 1. The molecule has 1 heterocycles. The van der Waals surface area contributed by atoms with Crippen molar-refractivity contribution in [1.29, 1.82) is 0 Å². The van der Waals surface area contributed by atoms with Gasteiger partial charge in [0.2, 0.25) is 0 Å². The van der Waals surface area contributed by atoms with E-state index in [1.54, 1.807) is 0 Å². The molecule has 19 heavy (non-hydrogen) atoms. The van der Waals surface area contributed by atoms with E-state index in [0.717, 1.165) is 18.5 Å². The van der Waals surface area contributed by atoms with Gasteiger partial charge in [0.15, 0.2) is 0 Å². The third kappa shape index (κ3) is 4.46. The molecule has 112 valence electrons. The molecular weight excluding hydrogens is 232 g/mol. The second kappa shape index (κ2) is 8.26. The lowest BCUT2D eigenvalue weighted by Crippen LogP contribution is -2.47. The van der Waals surface area contributed by atoms with Gasteiger partial charge in [0, 0.05) is 18.6 Å². The van der Waals surface area contributed by atoms with Crippen LogP contribution >= 0.6 is 0 Å². The fourth-order valence-electron chi connectivity index (χ4n) is 4.29. The fourth-order valence-corrected chi connectivity index (χ4v) is 4.29. The summed E-state index contributed by atoms with van der Waals surface area (Å²) in [6.07, 6.45) is 15.6. The number of hydrogen-bond donors (Lipinski definition) is 1. The van der Waals surface area contributed by atoms with Crippen LogP contribution in [0.25, 0.3) is 0 Å². The van der Waals surface area contributed by atoms with Crippen LogP contribution in [0.2, 0.25) is 0 Å². The lowest BCUT2D eigenvalue weighted by molar-refractivity contribution is 0.110. The molecule has 2 heteroatoms. The number of rotatable bonds is 5. The van der Waals surface area contributed by atoms with Crippen LogP contribution in [0.15, 0.2) is 0 Å². The van der Waals surface area contributed by atoms with Crippen molar-refractivity contribution in [2.45, 2.75) is 89.6 Å². The van der Waals surface area contributed by atoms with Crippen LogP contribution in [0.4, 0.5) is 0 Å². The van der Waals surface area contributed by atoms with E-state index in [1.807, 2.05) is 0 Å². The minimum atomic E-state index is 0.658. The van der Waals surface area contributed by atoms with Gasteiger partial charge in [0.1, 0.15) is 0 Å². The smallest absolute Gasteiger partial charge is 0.0223 e. The molecule has 0 amide bonds. The number of hydrogen-bond acceptors (Lipinski definition) is 2. The van der Waals surface area contributed by atoms with Gasteiger partial charge in [-0.3, -0.25) is 4.90 Å². The van der Waals surface area contributed by atoms with Gasteiger partial charge in [-0.2, -0.15) is 0 Å². The molecule has 0 aromatic heterocycles. The van der Waals surface area contributed by atoms with E-state index in [0.29, 0.717) is 6.04 Å². The Bertz CT molecular complexity index is 235. The van der Waals surface area contributed by atoms with Crippen molar-refractivity contribution < 1.29 is 0 Å². The standard InChI is InChI=1S/C17H34N2/c1-2-16-11-7-4-8-12-19(16)17(14-18)13-15-9-5-3-6-10-15/h15-17H,2-14,18H2,1H3. The minimum Gasteiger partial charge on any atom is -0.329 e. The highest BCUT2D eigenvalue weighted by Gasteiger charge is 2.28. The third-order valence-corrected chi connectivity index (χ3v) is 5.47. The summed E-state index contributed by atoms with van der Waals surface area (Å²) in [5, 5.41) is 0. The first-order chi connectivity index (χ1) is 9.35. The molecule has 2 aliphatic rings. The summed E-state index contributed by atoms with van der Waals surface area (Å²) in [7, 11) is 0. The van der Waals surface area contributed by atoms with Crippen LogP contribution in [0.5, 0.6) is 0 Å². The Morgan fingerprint density at radius 3 is 2.37 bits per heavy atom. The van der Waals surface area contributed by atoms with Crippen LogP contribution in [0.1, 0.15) is 77.6 Å². The maximum Gasteiger partial charge on any atom is 0.0223 e. The molecule has 1 aliphatic heterocycles. The van der Waals surface area contributed by atoms with Crippen LogP contribution < -0.4 is 5.73 Å². The number of nitrogens with two attached hydrogens (primary N) is 1. The predicted octanol–water partition coefficient (Wildman–Crippen LogP) is 3.94.